The number of rotatable bonds is 4. The highest BCUT2D eigenvalue weighted by Gasteiger charge is 2.63. The number of carbonyl (C=O) groups is 3. The summed E-state index contributed by atoms with van der Waals surface area (Å²) in [6, 6.07) is 10.8. The van der Waals surface area contributed by atoms with E-state index in [1.54, 1.807) is 52.0 Å². The Balaban J connectivity index is 2.04. The van der Waals surface area contributed by atoms with Gasteiger partial charge in [0, 0.05) is 35.5 Å². The summed E-state index contributed by atoms with van der Waals surface area (Å²) in [5.41, 5.74) is -2.23. The molecule has 2 aromatic rings. The van der Waals surface area contributed by atoms with Crippen LogP contribution in [0.3, 0.4) is 0 Å². The van der Waals surface area contributed by atoms with Crippen molar-refractivity contribution in [2.24, 2.45) is 0 Å². The molecule has 2 aliphatic heterocycles. The number of aryl methyl sites for hydroxylation is 1. The van der Waals surface area contributed by atoms with Crippen molar-refractivity contribution in [2.75, 3.05) is 19.6 Å². The zero-order chi connectivity index (χ0) is 30.9. The lowest BCUT2D eigenvalue weighted by molar-refractivity contribution is -0.681. The first-order chi connectivity index (χ1) is 18.8. The van der Waals surface area contributed by atoms with E-state index in [-0.39, 0.29) is 16.2 Å². The third-order valence-corrected chi connectivity index (χ3v) is 6.88. The van der Waals surface area contributed by atoms with Crippen molar-refractivity contribution in [1.29, 1.82) is 0 Å². The summed E-state index contributed by atoms with van der Waals surface area (Å²) >= 11 is 12.2. The summed E-state index contributed by atoms with van der Waals surface area (Å²) in [6.07, 6.45) is -5.59. The number of carbonyl (C=O) groups excluding carboxylic acids is 2. The van der Waals surface area contributed by atoms with Crippen LogP contribution in [-0.2, 0) is 4.79 Å². The van der Waals surface area contributed by atoms with E-state index in [1.165, 1.54) is 22.8 Å². The Morgan fingerprint density at radius 1 is 1.17 bits per heavy atom. The molecule has 0 radical (unpaired) electrons. The lowest BCUT2D eigenvalue weighted by Crippen LogP contribution is -2.63. The van der Waals surface area contributed by atoms with E-state index in [0.29, 0.717) is 21.2 Å². The zero-order valence-corrected chi connectivity index (χ0v) is 21.8. The molecule has 2 aromatic carbocycles. The van der Waals surface area contributed by atoms with Gasteiger partial charge in [0.25, 0.3) is 5.71 Å². The first kappa shape index (κ1) is 20.2. The first-order valence-corrected chi connectivity index (χ1v) is 12.0. The Morgan fingerprint density at radius 2 is 1.83 bits per heavy atom. The smallest absolute Gasteiger partial charge is 0.407 e. The number of carboxylic acid groups (broad SMARTS) is 1. The molecule has 1 fully saturated rings. The quantitative estimate of drug-likeness (QED) is 0.436. The number of ketones is 1. The Kier molecular flexibility index (Phi) is 5.34. The molecule has 2 heterocycles. The summed E-state index contributed by atoms with van der Waals surface area (Å²) in [5, 5.41) is 10.6. The molecule has 0 aliphatic carbocycles. The third kappa shape index (κ3) is 4.62. The van der Waals surface area contributed by atoms with E-state index in [2.05, 4.69) is 0 Å². The summed E-state index contributed by atoms with van der Waals surface area (Å²) in [7, 11) is 0. The number of benzene rings is 2. The van der Waals surface area contributed by atoms with Gasteiger partial charge < -0.3 is 10.0 Å². The van der Waals surface area contributed by atoms with Crippen LogP contribution in [0.2, 0.25) is 10.0 Å². The topological polar surface area (TPSA) is 80.9 Å². The molecule has 4 rings (SSSR count). The second kappa shape index (κ2) is 9.52. The van der Waals surface area contributed by atoms with Crippen LogP contribution < -0.4 is 0 Å². The van der Waals surface area contributed by atoms with E-state index in [4.69, 9.17) is 27.3 Å². The maximum Gasteiger partial charge on any atom is 0.407 e. The molecular formula is C27H30Cl2N3O4+. The minimum absolute atomic E-state index is 0.0232. The maximum atomic E-state index is 14.4. The normalized spacial score (nSPS) is 27.3. The van der Waals surface area contributed by atoms with Gasteiger partial charge in [-0.25, -0.2) is 4.79 Å². The van der Waals surface area contributed by atoms with Crippen LogP contribution in [0.15, 0.2) is 42.5 Å². The van der Waals surface area contributed by atoms with Gasteiger partial charge in [-0.15, -0.1) is 0 Å². The molecule has 1 saturated heterocycles. The Bertz CT molecular complexity index is 1480. The summed E-state index contributed by atoms with van der Waals surface area (Å²) < 4.78 is 45.9. The van der Waals surface area contributed by atoms with Gasteiger partial charge in [0.15, 0.2) is 11.3 Å². The van der Waals surface area contributed by atoms with Gasteiger partial charge in [-0.3, -0.25) is 14.5 Å². The van der Waals surface area contributed by atoms with Crippen molar-refractivity contribution in [3.05, 3.63) is 69.2 Å². The number of nitrogens with zero attached hydrogens (tertiary/aromatic N) is 3. The van der Waals surface area contributed by atoms with E-state index in [0.717, 1.165) is 4.90 Å². The van der Waals surface area contributed by atoms with Gasteiger partial charge in [0.2, 0.25) is 5.66 Å². The van der Waals surface area contributed by atoms with Gasteiger partial charge >= 0.3 is 12.0 Å². The molecule has 2 unspecified atom stereocenters. The van der Waals surface area contributed by atoms with E-state index in [9.17, 15) is 22.2 Å². The highest BCUT2D eigenvalue weighted by Crippen LogP contribution is 2.40. The van der Waals surface area contributed by atoms with Gasteiger partial charge in [0.1, 0.15) is 0 Å². The number of amides is 2. The molecule has 0 aromatic heterocycles. The number of piperidine rings is 1. The van der Waals surface area contributed by atoms with E-state index < -0.39 is 61.3 Å². The van der Waals surface area contributed by atoms with Crippen molar-refractivity contribution < 1.29 is 30.9 Å². The largest absolute Gasteiger partial charge is 0.465 e. The average Bonchev–Trinajstić information content (AvgIpc) is 3.09. The lowest BCUT2D eigenvalue weighted by atomic mass is 9.90. The maximum absolute atomic E-state index is 14.4. The fourth-order valence-corrected chi connectivity index (χ4v) is 4.86. The minimum Gasteiger partial charge on any atom is -0.465 e. The molecule has 7 nitrogen and oxygen atoms in total. The molecule has 2 amide bonds. The van der Waals surface area contributed by atoms with E-state index >= 15 is 0 Å². The lowest BCUT2D eigenvalue weighted by Gasteiger charge is -2.43. The first-order valence-electron chi connectivity index (χ1n) is 13.9. The van der Waals surface area contributed by atoms with Crippen molar-refractivity contribution in [1.82, 2.24) is 9.80 Å². The Hall–Kier alpha value is -2.90. The number of halogens is 2. The number of hydrogen-bond acceptors (Lipinski definition) is 3. The number of hydrogen-bond donors (Lipinski definition) is 1. The fraction of sp³-hybridized carbons (Fsp3) is 0.407. The van der Waals surface area contributed by atoms with Crippen molar-refractivity contribution >= 4 is 46.7 Å². The molecule has 36 heavy (non-hydrogen) atoms. The average molecular weight is 536 g/mol. The van der Waals surface area contributed by atoms with Crippen molar-refractivity contribution in [2.45, 2.75) is 51.7 Å². The van der Waals surface area contributed by atoms with Crippen LogP contribution in [-0.4, -0.2) is 73.7 Å². The molecule has 190 valence electrons. The van der Waals surface area contributed by atoms with Gasteiger partial charge in [0.05, 0.1) is 24.9 Å². The standard InChI is InChI=1S/C27H29Cl2N3O4/c1-17-15-19(7-10-21(17)29)22(33)16-31-24(34)23(18-5-8-20(28)9-6-18)32(26(2,3)4)27(31)11-13-30(14-12-27)25(35)36/h5-10,15H,11-14,16H2,1-4H3/p+1/i11D2,13D2,14D. The molecule has 2 aliphatic rings. The molecule has 9 heteroatoms. The van der Waals surface area contributed by atoms with Crippen LogP contribution in [0.25, 0.3) is 0 Å². The highest BCUT2D eigenvalue weighted by molar-refractivity contribution is 6.44. The zero-order valence-electron chi connectivity index (χ0n) is 25.3. The van der Waals surface area contributed by atoms with E-state index in [1.807, 2.05) is 0 Å². The summed E-state index contributed by atoms with van der Waals surface area (Å²) in [4.78, 5) is 41.2. The molecule has 1 spiro atoms. The molecule has 2 atom stereocenters. The van der Waals surface area contributed by atoms with Crippen LogP contribution in [0.1, 0.15) is 61.9 Å². The number of Topliss-reactive ketones (excluding diaryl/α,β-unsaturated/α-hetero) is 1. The fourth-order valence-electron chi connectivity index (χ4n) is 4.62. The van der Waals surface area contributed by atoms with Crippen molar-refractivity contribution in [3.8, 4) is 0 Å². The van der Waals surface area contributed by atoms with Gasteiger partial charge in [-0.2, -0.15) is 4.58 Å². The van der Waals surface area contributed by atoms with Crippen molar-refractivity contribution in [3.63, 3.8) is 0 Å². The Labute approximate surface area is 227 Å². The monoisotopic (exact) mass is 535 g/mol. The van der Waals surface area contributed by atoms with Crippen LogP contribution in [0, 0.1) is 6.92 Å². The molecular weight excluding hydrogens is 501 g/mol. The summed E-state index contributed by atoms with van der Waals surface area (Å²) in [6.45, 7) is 1.03. The number of likely N-dealkylation sites (tertiary alicyclic amines) is 1. The predicted molar refractivity (Wildman–Crippen MR) is 139 cm³/mol. The van der Waals surface area contributed by atoms with Crippen LogP contribution in [0.5, 0.6) is 0 Å². The van der Waals surface area contributed by atoms with Crippen LogP contribution >= 0.6 is 23.2 Å². The second-order valence-electron chi connectivity index (χ2n) is 9.73. The molecule has 0 bridgehead atoms. The Morgan fingerprint density at radius 3 is 2.42 bits per heavy atom. The van der Waals surface area contributed by atoms with Gasteiger partial charge in [-0.05, 0) is 75.7 Å². The van der Waals surface area contributed by atoms with Gasteiger partial charge in [-0.1, -0.05) is 23.2 Å². The summed E-state index contributed by atoms with van der Waals surface area (Å²) in [5.74, 6) is -1.33. The predicted octanol–water partition coefficient (Wildman–Crippen LogP) is 5.10. The van der Waals surface area contributed by atoms with Crippen LogP contribution in [0.4, 0.5) is 4.79 Å². The SMILES string of the molecule is [2H]C1CC2(N(CC(=O)c3ccc(Cl)c(C)c3)C(=O)C(c3ccc(Cl)cc3)=[N+]2C(C)(C)C)C([2H])([2H])C([2H])([2H])N1C(=O)O. The third-order valence-electron chi connectivity index (χ3n) is 6.20. The molecule has 1 N–H and O–H groups in total. The molecule has 0 saturated carbocycles. The highest BCUT2D eigenvalue weighted by atomic mass is 35.5. The second-order valence-corrected chi connectivity index (χ2v) is 10.6. The minimum atomic E-state index is -3.28.